The van der Waals surface area contributed by atoms with Crippen LogP contribution in [0.5, 0.6) is 5.75 Å². The quantitative estimate of drug-likeness (QED) is 0.257. The lowest BCUT2D eigenvalue weighted by Crippen LogP contribution is -2.32. The number of nitrogens with zero attached hydrogens (tertiary/aromatic N) is 2. The van der Waals surface area contributed by atoms with Gasteiger partial charge >= 0.3 is 12.1 Å². The number of esters is 1. The molecule has 1 heterocycles. The zero-order valence-electron chi connectivity index (χ0n) is 17.7. The molecule has 30 heavy (non-hydrogen) atoms. The van der Waals surface area contributed by atoms with E-state index in [2.05, 4.69) is 29.5 Å². The van der Waals surface area contributed by atoms with Crippen LogP contribution in [0.3, 0.4) is 0 Å². The number of ether oxygens (including phenoxy) is 4. The molecular formula is C18H29F3N2O6Si. The summed E-state index contributed by atoms with van der Waals surface area (Å²) in [5.41, 5.74) is -2.76. The molecule has 0 aliphatic carbocycles. The topological polar surface area (TPSA) is 88.9 Å². The van der Waals surface area contributed by atoms with Crippen LogP contribution in [0.2, 0.25) is 25.7 Å². The molecule has 0 spiro atoms. The monoisotopic (exact) mass is 454 g/mol. The first-order chi connectivity index (χ1) is 14.0. The van der Waals surface area contributed by atoms with Crippen LogP contribution in [0.25, 0.3) is 0 Å². The average Bonchev–Trinajstić information content (AvgIpc) is 2.63. The molecule has 0 saturated carbocycles. The molecule has 172 valence electrons. The first-order valence-corrected chi connectivity index (χ1v) is 13.2. The van der Waals surface area contributed by atoms with E-state index in [1.165, 1.54) is 7.11 Å². The van der Waals surface area contributed by atoms with Crippen LogP contribution < -0.4 is 10.3 Å². The Kier molecular flexibility index (Phi) is 10.5. The summed E-state index contributed by atoms with van der Waals surface area (Å²) in [4.78, 5) is 23.2. The van der Waals surface area contributed by atoms with Gasteiger partial charge in [0, 0.05) is 27.7 Å². The van der Waals surface area contributed by atoms with Gasteiger partial charge in [-0.25, -0.2) is 4.68 Å². The van der Waals surface area contributed by atoms with Gasteiger partial charge < -0.3 is 18.9 Å². The second-order valence-corrected chi connectivity index (χ2v) is 13.3. The van der Waals surface area contributed by atoms with E-state index in [0.29, 0.717) is 17.7 Å². The average molecular weight is 455 g/mol. The van der Waals surface area contributed by atoms with Crippen LogP contribution in [0.4, 0.5) is 13.2 Å². The number of halogens is 3. The van der Waals surface area contributed by atoms with E-state index in [0.717, 1.165) is 12.2 Å². The number of hydrogen-bond acceptors (Lipinski definition) is 7. The molecular weight excluding hydrogens is 425 g/mol. The van der Waals surface area contributed by atoms with Gasteiger partial charge in [-0.2, -0.15) is 18.3 Å². The maximum Gasteiger partial charge on any atom is 0.425 e. The maximum atomic E-state index is 13.4. The summed E-state index contributed by atoms with van der Waals surface area (Å²) < 4.78 is 60.8. The number of aromatic nitrogens is 2. The predicted molar refractivity (Wildman–Crippen MR) is 105 cm³/mol. The fourth-order valence-corrected chi connectivity index (χ4v) is 2.96. The Bertz CT molecular complexity index is 734. The van der Waals surface area contributed by atoms with E-state index in [9.17, 15) is 22.8 Å². The highest BCUT2D eigenvalue weighted by Gasteiger charge is 2.39. The molecule has 0 amide bonds. The molecule has 0 aliphatic heterocycles. The SMILES string of the molecule is COC(=O)CCCOCCOc1cnn(COCC[Si](C)(C)C)c(=O)c1C(F)(F)F. The number of hydrogen-bond donors (Lipinski definition) is 0. The van der Waals surface area contributed by atoms with Gasteiger partial charge in [0.2, 0.25) is 0 Å². The van der Waals surface area contributed by atoms with E-state index >= 15 is 0 Å². The number of carbonyl (C=O) groups excluding carboxylic acids is 1. The van der Waals surface area contributed by atoms with E-state index in [4.69, 9.17) is 14.2 Å². The number of rotatable bonds is 13. The summed E-state index contributed by atoms with van der Waals surface area (Å²) in [5.74, 6) is -1.04. The normalized spacial score (nSPS) is 12.1. The van der Waals surface area contributed by atoms with Gasteiger partial charge in [0.05, 0.1) is 19.9 Å². The second-order valence-electron chi connectivity index (χ2n) is 7.67. The van der Waals surface area contributed by atoms with Crippen molar-refractivity contribution in [2.45, 2.75) is 51.4 Å². The Balaban J connectivity index is 2.64. The maximum absolute atomic E-state index is 13.4. The van der Waals surface area contributed by atoms with Gasteiger partial charge in [0.15, 0.2) is 11.3 Å². The van der Waals surface area contributed by atoms with Crippen LogP contribution in [-0.4, -0.2) is 57.4 Å². The Morgan fingerprint density at radius 2 is 1.83 bits per heavy atom. The standard InChI is InChI=1S/C18H29F3N2O6Si/c1-26-15(24)6-5-7-27-8-9-29-14-12-22-23(13-28-10-11-30(2,3)4)17(25)16(14)18(19,20)21/h12H,5-11,13H2,1-4H3. The summed E-state index contributed by atoms with van der Waals surface area (Å²) in [6, 6.07) is 0.814. The fourth-order valence-electron chi connectivity index (χ4n) is 2.20. The summed E-state index contributed by atoms with van der Waals surface area (Å²) >= 11 is 0. The molecule has 0 bridgehead atoms. The molecule has 1 aromatic heterocycles. The summed E-state index contributed by atoms with van der Waals surface area (Å²) in [6.45, 7) is 6.39. The Hall–Kier alpha value is -1.92. The van der Waals surface area contributed by atoms with Crippen molar-refractivity contribution < 1.29 is 36.9 Å². The Morgan fingerprint density at radius 1 is 1.13 bits per heavy atom. The van der Waals surface area contributed by atoms with Crippen LogP contribution in [0.15, 0.2) is 11.0 Å². The molecule has 0 N–H and O–H groups in total. The molecule has 0 radical (unpaired) electrons. The lowest BCUT2D eigenvalue weighted by Gasteiger charge is -2.17. The van der Waals surface area contributed by atoms with Crippen LogP contribution >= 0.6 is 0 Å². The lowest BCUT2D eigenvalue weighted by atomic mass is 10.2. The van der Waals surface area contributed by atoms with Gasteiger partial charge in [0.25, 0.3) is 5.56 Å². The molecule has 12 heteroatoms. The minimum atomic E-state index is -4.91. The number of alkyl halides is 3. The van der Waals surface area contributed by atoms with Crippen molar-refractivity contribution in [3.63, 3.8) is 0 Å². The summed E-state index contributed by atoms with van der Waals surface area (Å²) in [5, 5.41) is 3.72. The van der Waals surface area contributed by atoms with E-state index in [1.54, 1.807) is 0 Å². The fraction of sp³-hybridized carbons (Fsp3) is 0.722. The molecule has 0 atom stereocenters. The highest BCUT2D eigenvalue weighted by atomic mass is 28.3. The van der Waals surface area contributed by atoms with Crippen molar-refractivity contribution in [1.29, 1.82) is 0 Å². The molecule has 0 aromatic carbocycles. The Labute approximate surface area is 174 Å². The van der Waals surface area contributed by atoms with Crippen molar-refractivity contribution in [2.75, 3.05) is 33.5 Å². The van der Waals surface area contributed by atoms with E-state index in [1.807, 2.05) is 0 Å². The molecule has 1 rings (SSSR count). The number of methoxy groups -OCH3 is 1. The van der Waals surface area contributed by atoms with Crippen molar-refractivity contribution in [2.24, 2.45) is 0 Å². The zero-order valence-corrected chi connectivity index (χ0v) is 18.7. The lowest BCUT2D eigenvalue weighted by molar-refractivity contribution is -0.141. The van der Waals surface area contributed by atoms with Crippen molar-refractivity contribution in [1.82, 2.24) is 9.78 Å². The third-order valence-corrected chi connectivity index (χ3v) is 5.59. The third-order valence-electron chi connectivity index (χ3n) is 3.88. The van der Waals surface area contributed by atoms with Gasteiger partial charge in [-0.1, -0.05) is 19.6 Å². The summed E-state index contributed by atoms with van der Waals surface area (Å²) in [7, 11) is -0.0868. The van der Waals surface area contributed by atoms with Crippen LogP contribution in [0, 0.1) is 0 Å². The molecule has 0 unspecified atom stereocenters. The smallest absolute Gasteiger partial charge is 0.425 e. The summed E-state index contributed by atoms with van der Waals surface area (Å²) in [6.07, 6.45) is -3.46. The zero-order chi connectivity index (χ0) is 22.8. The minimum Gasteiger partial charge on any atom is -0.489 e. The predicted octanol–water partition coefficient (Wildman–Crippen LogP) is 2.92. The van der Waals surface area contributed by atoms with Crippen molar-refractivity contribution in [3.05, 3.63) is 22.1 Å². The first kappa shape index (κ1) is 26.1. The van der Waals surface area contributed by atoms with Crippen molar-refractivity contribution in [3.8, 4) is 5.75 Å². The van der Waals surface area contributed by atoms with Gasteiger partial charge in [0.1, 0.15) is 13.3 Å². The molecule has 0 aliphatic rings. The molecule has 0 saturated heterocycles. The minimum absolute atomic E-state index is 0.0125. The van der Waals surface area contributed by atoms with E-state index in [-0.39, 0.29) is 38.9 Å². The Morgan fingerprint density at radius 3 is 2.43 bits per heavy atom. The van der Waals surface area contributed by atoms with Gasteiger partial charge in [-0.15, -0.1) is 0 Å². The van der Waals surface area contributed by atoms with E-state index < -0.39 is 31.1 Å². The molecule has 0 fully saturated rings. The molecule has 1 aromatic rings. The first-order valence-electron chi connectivity index (χ1n) is 9.48. The molecule has 8 nitrogen and oxygen atoms in total. The third kappa shape index (κ3) is 9.72. The van der Waals surface area contributed by atoms with Crippen molar-refractivity contribution >= 4 is 14.0 Å². The highest BCUT2D eigenvalue weighted by molar-refractivity contribution is 6.76. The van der Waals surface area contributed by atoms with Gasteiger partial charge in [-0.3, -0.25) is 9.59 Å². The van der Waals surface area contributed by atoms with Crippen LogP contribution in [-0.2, 0) is 31.9 Å². The number of carbonyl (C=O) groups is 1. The highest BCUT2D eigenvalue weighted by Crippen LogP contribution is 2.32. The van der Waals surface area contributed by atoms with Crippen LogP contribution in [0.1, 0.15) is 18.4 Å². The largest absolute Gasteiger partial charge is 0.489 e. The second kappa shape index (κ2) is 12.1. The van der Waals surface area contributed by atoms with Gasteiger partial charge in [-0.05, 0) is 12.5 Å².